The number of furan rings is 1. The largest absolute Gasteiger partial charge is 0.467 e. The van der Waals surface area contributed by atoms with Crippen molar-refractivity contribution in [3.8, 4) is 0 Å². The molecule has 0 bridgehead atoms. The quantitative estimate of drug-likeness (QED) is 0.415. The first-order valence-corrected chi connectivity index (χ1v) is 7.18. The zero-order valence-corrected chi connectivity index (χ0v) is 15.1. The van der Waals surface area contributed by atoms with Crippen LogP contribution in [0.15, 0.2) is 46.0 Å². The summed E-state index contributed by atoms with van der Waals surface area (Å²) in [6.45, 7) is 3.41. The summed E-state index contributed by atoms with van der Waals surface area (Å²) in [4.78, 5) is 4.35. The van der Waals surface area contributed by atoms with Gasteiger partial charge >= 0.3 is 0 Å². The fraction of sp³-hybridized carbons (Fsp3) is 0.312. The molecule has 0 spiro atoms. The minimum Gasteiger partial charge on any atom is -0.467 e. The second-order valence-electron chi connectivity index (χ2n) is 4.65. The molecule has 0 aliphatic heterocycles. The zero-order valence-electron chi connectivity index (χ0n) is 12.8. The van der Waals surface area contributed by atoms with Crippen LogP contribution in [-0.2, 0) is 13.0 Å². The Morgan fingerprint density at radius 3 is 2.48 bits per heavy atom. The van der Waals surface area contributed by atoms with Crippen molar-refractivity contribution in [2.45, 2.75) is 19.9 Å². The molecule has 0 saturated carbocycles. The number of rotatable bonds is 6. The lowest BCUT2D eigenvalue weighted by Gasteiger charge is -2.11. The predicted octanol–water partition coefficient (Wildman–Crippen LogP) is 3.47. The molecule has 7 heteroatoms. The Bertz CT molecular complexity index is 598. The Labute approximate surface area is 151 Å². The van der Waals surface area contributed by atoms with Gasteiger partial charge in [-0.25, -0.2) is 13.8 Å². The third-order valence-electron chi connectivity index (χ3n) is 3.05. The highest BCUT2D eigenvalue weighted by atomic mass is 127. The van der Waals surface area contributed by atoms with Gasteiger partial charge < -0.3 is 15.1 Å². The van der Waals surface area contributed by atoms with Gasteiger partial charge in [-0.15, -0.1) is 24.0 Å². The maximum absolute atomic E-state index is 13.5. The second-order valence-corrected chi connectivity index (χ2v) is 4.65. The molecule has 0 aliphatic rings. The Hall–Kier alpha value is -1.64. The molecule has 1 aromatic carbocycles. The third kappa shape index (κ3) is 6.17. The zero-order chi connectivity index (χ0) is 15.8. The Kier molecular flexibility index (Phi) is 8.60. The van der Waals surface area contributed by atoms with E-state index in [1.54, 1.807) is 12.3 Å². The van der Waals surface area contributed by atoms with Crippen LogP contribution >= 0.6 is 24.0 Å². The summed E-state index contributed by atoms with van der Waals surface area (Å²) in [5, 5.41) is 6.12. The molecule has 4 nitrogen and oxygen atoms in total. The molecule has 2 aromatic rings. The molecule has 0 saturated heterocycles. The SMILES string of the molecule is CCNC(=NCc1ccco1)NCCc1c(F)cccc1F.I. The van der Waals surface area contributed by atoms with Crippen LogP contribution in [0.4, 0.5) is 8.78 Å². The van der Waals surface area contributed by atoms with Crippen LogP contribution in [0.3, 0.4) is 0 Å². The Morgan fingerprint density at radius 1 is 1.13 bits per heavy atom. The van der Waals surface area contributed by atoms with Crippen LogP contribution in [-0.4, -0.2) is 19.0 Å². The summed E-state index contributed by atoms with van der Waals surface area (Å²) in [5.74, 6) is 0.270. The van der Waals surface area contributed by atoms with Gasteiger partial charge in [0.15, 0.2) is 5.96 Å². The first-order chi connectivity index (χ1) is 10.7. The molecule has 0 atom stereocenters. The first-order valence-electron chi connectivity index (χ1n) is 7.18. The topological polar surface area (TPSA) is 49.6 Å². The van der Waals surface area contributed by atoms with E-state index < -0.39 is 11.6 Å². The maximum Gasteiger partial charge on any atom is 0.191 e. The monoisotopic (exact) mass is 435 g/mol. The Morgan fingerprint density at radius 2 is 1.87 bits per heavy atom. The summed E-state index contributed by atoms with van der Waals surface area (Å²) >= 11 is 0. The van der Waals surface area contributed by atoms with Gasteiger partial charge in [0, 0.05) is 18.7 Å². The molecule has 2 N–H and O–H groups in total. The van der Waals surface area contributed by atoms with E-state index in [-0.39, 0.29) is 36.0 Å². The normalized spacial score (nSPS) is 11.0. The third-order valence-corrected chi connectivity index (χ3v) is 3.05. The van der Waals surface area contributed by atoms with E-state index in [0.717, 1.165) is 5.76 Å². The van der Waals surface area contributed by atoms with Gasteiger partial charge in [0.1, 0.15) is 23.9 Å². The molecule has 1 heterocycles. The average molecular weight is 435 g/mol. The van der Waals surface area contributed by atoms with Crippen molar-refractivity contribution < 1.29 is 13.2 Å². The second kappa shape index (κ2) is 10.2. The van der Waals surface area contributed by atoms with Gasteiger partial charge in [-0.3, -0.25) is 0 Å². The van der Waals surface area contributed by atoms with E-state index in [0.29, 0.717) is 25.6 Å². The number of nitrogens with zero attached hydrogens (tertiary/aromatic N) is 1. The lowest BCUT2D eigenvalue weighted by atomic mass is 10.1. The highest BCUT2D eigenvalue weighted by Gasteiger charge is 2.08. The number of aliphatic imine (C=N–C) groups is 1. The van der Waals surface area contributed by atoms with E-state index in [4.69, 9.17) is 4.42 Å². The van der Waals surface area contributed by atoms with Crippen molar-refractivity contribution in [3.63, 3.8) is 0 Å². The summed E-state index contributed by atoms with van der Waals surface area (Å²) in [7, 11) is 0. The van der Waals surface area contributed by atoms with Crippen LogP contribution in [0.5, 0.6) is 0 Å². The van der Waals surface area contributed by atoms with Crippen LogP contribution in [0.25, 0.3) is 0 Å². The van der Waals surface area contributed by atoms with Gasteiger partial charge in [0.05, 0.1) is 6.26 Å². The van der Waals surface area contributed by atoms with Crippen LogP contribution in [0.1, 0.15) is 18.2 Å². The summed E-state index contributed by atoms with van der Waals surface area (Å²) in [6, 6.07) is 7.51. The predicted molar refractivity (Wildman–Crippen MR) is 97.0 cm³/mol. The van der Waals surface area contributed by atoms with Gasteiger partial charge in [-0.1, -0.05) is 6.07 Å². The van der Waals surface area contributed by atoms with Crippen molar-refractivity contribution >= 4 is 29.9 Å². The molecule has 2 rings (SSSR count). The highest BCUT2D eigenvalue weighted by molar-refractivity contribution is 14.0. The van der Waals surface area contributed by atoms with Gasteiger partial charge in [0.25, 0.3) is 0 Å². The van der Waals surface area contributed by atoms with E-state index in [1.165, 1.54) is 18.2 Å². The molecule has 0 aliphatic carbocycles. The van der Waals surface area contributed by atoms with Gasteiger partial charge in [-0.05, 0) is 37.6 Å². The van der Waals surface area contributed by atoms with E-state index in [2.05, 4.69) is 15.6 Å². The minimum atomic E-state index is -0.528. The van der Waals surface area contributed by atoms with E-state index in [1.807, 2.05) is 13.0 Å². The summed E-state index contributed by atoms with van der Waals surface area (Å²) < 4.78 is 32.3. The van der Waals surface area contributed by atoms with Crippen molar-refractivity contribution in [1.82, 2.24) is 10.6 Å². The highest BCUT2D eigenvalue weighted by Crippen LogP contribution is 2.12. The van der Waals surface area contributed by atoms with Crippen LogP contribution in [0, 0.1) is 11.6 Å². The molecule has 0 fully saturated rings. The molecule has 126 valence electrons. The van der Waals surface area contributed by atoms with E-state index in [9.17, 15) is 8.78 Å². The van der Waals surface area contributed by atoms with Crippen molar-refractivity contribution in [2.24, 2.45) is 4.99 Å². The number of guanidine groups is 1. The minimum absolute atomic E-state index is 0. The van der Waals surface area contributed by atoms with Gasteiger partial charge in [0.2, 0.25) is 0 Å². The fourth-order valence-corrected chi connectivity index (χ4v) is 1.98. The smallest absolute Gasteiger partial charge is 0.191 e. The maximum atomic E-state index is 13.5. The molecular formula is C16H20F2IN3O. The molecular weight excluding hydrogens is 415 g/mol. The van der Waals surface area contributed by atoms with Crippen molar-refractivity contribution in [3.05, 3.63) is 59.6 Å². The van der Waals surface area contributed by atoms with E-state index >= 15 is 0 Å². The summed E-state index contributed by atoms with van der Waals surface area (Å²) in [6.07, 6.45) is 1.83. The van der Waals surface area contributed by atoms with Crippen LogP contribution < -0.4 is 10.6 Å². The fourth-order valence-electron chi connectivity index (χ4n) is 1.98. The van der Waals surface area contributed by atoms with Crippen molar-refractivity contribution in [2.75, 3.05) is 13.1 Å². The number of nitrogens with one attached hydrogen (secondary N) is 2. The lowest BCUT2D eigenvalue weighted by molar-refractivity contribution is 0.512. The molecule has 0 radical (unpaired) electrons. The lowest BCUT2D eigenvalue weighted by Crippen LogP contribution is -2.38. The number of halogens is 3. The first kappa shape index (κ1) is 19.4. The van der Waals surface area contributed by atoms with Gasteiger partial charge in [-0.2, -0.15) is 0 Å². The molecule has 1 aromatic heterocycles. The molecule has 0 unspecified atom stereocenters. The summed E-state index contributed by atoms with van der Waals surface area (Å²) in [5.41, 5.74) is 0.0804. The standard InChI is InChI=1S/C16H19F2N3O.HI/c1-2-19-16(21-11-12-5-4-10-22-12)20-9-8-13-14(17)6-3-7-15(13)18;/h3-7,10H,2,8-9,11H2,1H3,(H2,19,20,21);1H. The number of hydrogen-bond donors (Lipinski definition) is 2. The van der Waals surface area contributed by atoms with Crippen LogP contribution in [0.2, 0.25) is 0 Å². The Balaban J connectivity index is 0.00000264. The molecule has 23 heavy (non-hydrogen) atoms. The molecule has 0 amide bonds. The average Bonchev–Trinajstić information content (AvgIpc) is 3.01. The number of benzene rings is 1. The van der Waals surface area contributed by atoms with Crippen molar-refractivity contribution in [1.29, 1.82) is 0 Å². The number of hydrogen-bond acceptors (Lipinski definition) is 2.